The highest BCUT2D eigenvalue weighted by Crippen LogP contribution is 2.42. The fourth-order valence-corrected chi connectivity index (χ4v) is 7.51. The molecule has 0 aliphatic heterocycles. The van der Waals surface area contributed by atoms with Crippen LogP contribution in [0.25, 0.3) is 77.2 Å². The van der Waals surface area contributed by atoms with E-state index in [1.54, 1.807) is 0 Å². The highest BCUT2D eigenvalue weighted by Gasteiger charge is 2.20. The quantitative estimate of drug-likeness (QED) is 0.179. The molecule has 0 N–H and O–H groups in total. The molecule has 2 aromatic heterocycles. The predicted octanol–water partition coefficient (Wildman–Crippen LogP) is 12.2. The van der Waals surface area contributed by atoms with E-state index in [4.69, 9.17) is 0 Å². The van der Waals surface area contributed by atoms with Crippen LogP contribution in [0, 0.1) is 0 Å². The summed E-state index contributed by atoms with van der Waals surface area (Å²) >= 11 is 0. The van der Waals surface area contributed by atoms with Gasteiger partial charge in [0.05, 0.1) is 22.1 Å². The Labute approximate surface area is 274 Å². The van der Waals surface area contributed by atoms with Crippen LogP contribution in [0.15, 0.2) is 164 Å². The molecule has 0 saturated carbocycles. The van der Waals surface area contributed by atoms with Crippen LogP contribution in [0.5, 0.6) is 0 Å². The number of hydrogen-bond donors (Lipinski definition) is 0. The van der Waals surface area contributed by atoms with E-state index in [0.717, 1.165) is 12.8 Å². The maximum atomic E-state index is 2.45. The fourth-order valence-electron chi connectivity index (χ4n) is 7.51. The van der Waals surface area contributed by atoms with Gasteiger partial charge in [-0.25, -0.2) is 0 Å². The van der Waals surface area contributed by atoms with E-state index in [2.05, 4.69) is 180 Å². The van der Waals surface area contributed by atoms with Gasteiger partial charge in [0.1, 0.15) is 0 Å². The zero-order valence-corrected chi connectivity index (χ0v) is 26.4. The van der Waals surface area contributed by atoms with Crippen LogP contribution in [-0.4, -0.2) is 9.13 Å². The summed E-state index contributed by atoms with van der Waals surface area (Å²) in [7, 11) is 0. The third-order valence-electron chi connectivity index (χ3n) is 9.61. The first-order valence-corrected chi connectivity index (χ1v) is 16.6. The lowest BCUT2D eigenvalue weighted by Crippen LogP contribution is -1.95. The summed E-state index contributed by atoms with van der Waals surface area (Å²) in [5.41, 5.74) is 13.5. The third kappa shape index (κ3) is 4.48. The van der Waals surface area contributed by atoms with Gasteiger partial charge in [-0.05, 0) is 82.8 Å². The largest absolute Gasteiger partial charge is 0.309 e. The lowest BCUT2D eigenvalue weighted by atomic mass is 10.0. The van der Waals surface area contributed by atoms with Crippen molar-refractivity contribution in [1.29, 1.82) is 0 Å². The van der Waals surface area contributed by atoms with Gasteiger partial charge in [0, 0.05) is 32.9 Å². The molecule has 0 unspecified atom stereocenters. The summed E-state index contributed by atoms with van der Waals surface area (Å²) in [4.78, 5) is 0. The van der Waals surface area contributed by atoms with Crippen molar-refractivity contribution in [2.45, 2.75) is 19.8 Å². The second kappa shape index (κ2) is 11.2. The molecule has 0 saturated heterocycles. The summed E-state index contributed by atoms with van der Waals surface area (Å²) < 4.78 is 4.88. The molecule has 0 fully saturated rings. The molecule has 0 aliphatic rings. The molecule has 0 aliphatic carbocycles. The Hall–Kier alpha value is -5.86. The fraction of sp³-hybridized carbons (Fsp3) is 0.0667. The number of para-hydroxylation sites is 2. The Balaban J connectivity index is 1.29. The predicted molar refractivity (Wildman–Crippen MR) is 200 cm³/mol. The van der Waals surface area contributed by atoms with Gasteiger partial charge in [0.2, 0.25) is 0 Å². The number of nitrogens with zero attached hydrogens (tertiary/aromatic N) is 2. The van der Waals surface area contributed by atoms with Gasteiger partial charge in [0.15, 0.2) is 0 Å². The molecule has 0 radical (unpaired) electrons. The maximum absolute atomic E-state index is 2.45. The van der Waals surface area contributed by atoms with E-state index in [-0.39, 0.29) is 0 Å². The van der Waals surface area contributed by atoms with Crippen molar-refractivity contribution in [3.8, 4) is 33.6 Å². The topological polar surface area (TPSA) is 9.86 Å². The number of fused-ring (bicyclic) bond motifs is 7. The SMILES string of the molecule is CCCc1ccc(-c2cccc(-n3c4ccccc4c4c5c6ccccc6n(-c6cccc(-c7ccccc7)c6)c5ccc43)c2)cc1. The molecule has 9 rings (SSSR count). The van der Waals surface area contributed by atoms with E-state index in [0.29, 0.717) is 0 Å². The van der Waals surface area contributed by atoms with Crippen molar-refractivity contribution in [2.75, 3.05) is 0 Å². The number of benzene rings is 7. The Bertz CT molecular complexity index is 2570. The average Bonchev–Trinajstić information content (AvgIpc) is 3.65. The molecule has 9 aromatic rings. The first-order chi connectivity index (χ1) is 23.3. The summed E-state index contributed by atoms with van der Waals surface area (Å²) in [6, 6.07) is 60.0. The Morgan fingerprint density at radius 2 is 0.851 bits per heavy atom. The minimum Gasteiger partial charge on any atom is -0.309 e. The Morgan fingerprint density at radius 1 is 0.383 bits per heavy atom. The van der Waals surface area contributed by atoms with Crippen LogP contribution in [0.2, 0.25) is 0 Å². The molecule has 0 bridgehead atoms. The van der Waals surface area contributed by atoms with E-state index >= 15 is 0 Å². The molecule has 2 heterocycles. The molecule has 0 atom stereocenters. The lowest BCUT2D eigenvalue weighted by molar-refractivity contribution is 0.922. The Kier molecular flexibility index (Phi) is 6.53. The minimum absolute atomic E-state index is 1.12. The van der Waals surface area contributed by atoms with Crippen LogP contribution >= 0.6 is 0 Å². The monoisotopic (exact) mass is 602 g/mol. The highest BCUT2D eigenvalue weighted by atomic mass is 15.0. The first-order valence-electron chi connectivity index (χ1n) is 16.6. The molecule has 2 heteroatoms. The van der Waals surface area contributed by atoms with E-state index in [9.17, 15) is 0 Å². The van der Waals surface area contributed by atoms with Crippen LogP contribution in [0.4, 0.5) is 0 Å². The second-order valence-electron chi connectivity index (χ2n) is 12.5. The molecule has 7 aromatic carbocycles. The summed E-state index contributed by atoms with van der Waals surface area (Å²) in [6.07, 6.45) is 2.28. The van der Waals surface area contributed by atoms with Crippen LogP contribution in [-0.2, 0) is 6.42 Å². The third-order valence-corrected chi connectivity index (χ3v) is 9.61. The highest BCUT2D eigenvalue weighted by molar-refractivity contribution is 6.28. The molecule has 224 valence electrons. The lowest BCUT2D eigenvalue weighted by Gasteiger charge is -2.12. The first kappa shape index (κ1) is 27.5. The molecule has 2 nitrogen and oxygen atoms in total. The summed E-state index contributed by atoms with van der Waals surface area (Å²) in [5, 5.41) is 5.12. The normalized spacial score (nSPS) is 11.7. The molecular formula is C45H34N2. The number of aromatic nitrogens is 2. The number of aryl methyl sites for hydroxylation is 1. The van der Waals surface area contributed by atoms with Crippen LogP contribution in [0.1, 0.15) is 18.9 Å². The van der Waals surface area contributed by atoms with Gasteiger partial charge in [0.25, 0.3) is 0 Å². The van der Waals surface area contributed by atoms with Gasteiger partial charge in [-0.1, -0.05) is 129 Å². The van der Waals surface area contributed by atoms with Crippen molar-refractivity contribution < 1.29 is 0 Å². The van der Waals surface area contributed by atoms with Crippen molar-refractivity contribution in [3.05, 3.63) is 169 Å². The molecule has 47 heavy (non-hydrogen) atoms. The number of hydrogen-bond acceptors (Lipinski definition) is 0. The van der Waals surface area contributed by atoms with Gasteiger partial charge in [-0.15, -0.1) is 0 Å². The molecule has 0 amide bonds. The van der Waals surface area contributed by atoms with Gasteiger partial charge >= 0.3 is 0 Å². The summed E-state index contributed by atoms with van der Waals surface area (Å²) in [5.74, 6) is 0. The zero-order valence-electron chi connectivity index (χ0n) is 26.4. The number of rotatable bonds is 6. The van der Waals surface area contributed by atoms with Crippen molar-refractivity contribution >= 4 is 43.6 Å². The van der Waals surface area contributed by atoms with Gasteiger partial charge < -0.3 is 9.13 Å². The minimum atomic E-state index is 1.12. The molecule has 0 spiro atoms. The van der Waals surface area contributed by atoms with E-state index < -0.39 is 0 Å². The van der Waals surface area contributed by atoms with Gasteiger partial charge in [-0.3, -0.25) is 0 Å². The van der Waals surface area contributed by atoms with Crippen LogP contribution in [0.3, 0.4) is 0 Å². The average molecular weight is 603 g/mol. The smallest absolute Gasteiger partial charge is 0.0548 e. The van der Waals surface area contributed by atoms with Crippen molar-refractivity contribution in [2.24, 2.45) is 0 Å². The maximum Gasteiger partial charge on any atom is 0.0548 e. The Morgan fingerprint density at radius 3 is 1.38 bits per heavy atom. The van der Waals surface area contributed by atoms with Crippen LogP contribution < -0.4 is 0 Å². The van der Waals surface area contributed by atoms with Crippen molar-refractivity contribution in [1.82, 2.24) is 9.13 Å². The second-order valence-corrected chi connectivity index (χ2v) is 12.5. The van der Waals surface area contributed by atoms with E-state index in [1.165, 1.54) is 82.8 Å². The van der Waals surface area contributed by atoms with Crippen molar-refractivity contribution in [3.63, 3.8) is 0 Å². The summed E-state index contributed by atoms with van der Waals surface area (Å²) in [6.45, 7) is 2.23. The van der Waals surface area contributed by atoms with E-state index in [1.807, 2.05) is 0 Å². The molecular weight excluding hydrogens is 569 g/mol. The standard InChI is InChI=1S/C45H34N2/c1-2-12-31-23-25-33(26-24-31)35-16-11-18-37(30-35)47-41-22-9-7-20-39(41)45-43(47)28-27-42-44(45)38-19-6-8-21-40(38)46(42)36-17-10-15-34(29-36)32-13-4-3-5-14-32/h3-11,13-30H,2,12H2,1H3. The van der Waals surface area contributed by atoms with Gasteiger partial charge in [-0.2, -0.15) is 0 Å². The zero-order chi connectivity index (χ0) is 31.3.